The Morgan fingerprint density at radius 3 is 2.53 bits per heavy atom. The van der Waals surface area contributed by atoms with Gasteiger partial charge in [0.1, 0.15) is 0 Å². The SMILES string of the molecule is CCCCCOCC(NCC)C1CCCCC1. The van der Waals surface area contributed by atoms with Crippen molar-refractivity contribution in [1.82, 2.24) is 5.32 Å². The lowest BCUT2D eigenvalue weighted by molar-refractivity contribution is 0.0825. The first-order valence-corrected chi connectivity index (χ1v) is 7.69. The molecular formula is C15H31NO. The molecular weight excluding hydrogens is 210 g/mol. The van der Waals surface area contributed by atoms with Gasteiger partial charge in [0.05, 0.1) is 6.61 Å². The van der Waals surface area contributed by atoms with Gasteiger partial charge in [0.2, 0.25) is 0 Å². The molecule has 1 aliphatic rings. The van der Waals surface area contributed by atoms with E-state index in [1.807, 2.05) is 0 Å². The highest BCUT2D eigenvalue weighted by Gasteiger charge is 2.22. The minimum atomic E-state index is 0.599. The van der Waals surface area contributed by atoms with Crippen molar-refractivity contribution in [2.75, 3.05) is 19.8 Å². The van der Waals surface area contributed by atoms with Crippen molar-refractivity contribution in [3.05, 3.63) is 0 Å². The van der Waals surface area contributed by atoms with E-state index in [2.05, 4.69) is 19.2 Å². The highest BCUT2D eigenvalue weighted by molar-refractivity contribution is 4.78. The van der Waals surface area contributed by atoms with E-state index in [4.69, 9.17) is 4.74 Å². The molecule has 0 bridgehead atoms. The number of likely N-dealkylation sites (N-methyl/N-ethyl adjacent to an activating group) is 1. The molecule has 2 nitrogen and oxygen atoms in total. The predicted octanol–water partition coefficient (Wildman–Crippen LogP) is 3.75. The Hall–Kier alpha value is -0.0800. The molecule has 0 aromatic heterocycles. The van der Waals surface area contributed by atoms with E-state index in [0.29, 0.717) is 6.04 Å². The summed E-state index contributed by atoms with van der Waals surface area (Å²) in [7, 11) is 0. The van der Waals surface area contributed by atoms with Crippen LogP contribution < -0.4 is 5.32 Å². The first-order chi connectivity index (χ1) is 8.38. The van der Waals surface area contributed by atoms with Gasteiger partial charge < -0.3 is 10.1 Å². The topological polar surface area (TPSA) is 21.3 Å². The van der Waals surface area contributed by atoms with Gasteiger partial charge in [0, 0.05) is 12.6 Å². The van der Waals surface area contributed by atoms with Gasteiger partial charge in [-0.2, -0.15) is 0 Å². The molecule has 2 heteroatoms. The minimum absolute atomic E-state index is 0.599. The molecule has 1 rings (SSSR count). The Morgan fingerprint density at radius 2 is 1.88 bits per heavy atom. The van der Waals surface area contributed by atoms with E-state index >= 15 is 0 Å². The molecule has 1 N–H and O–H groups in total. The Balaban J connectivity index is 2.17. The summed E-state index contributed by atoms with van der Waals surface area (Å²) >= 11 is 0. The van der Waals surface area contributed by atoms with Crippen LogP contribution in [0, 0.1) is 5.92 Å². The largest absolute Gasteiger partial charge is 0.380 e. The average Bonchev–Trinajstić information content (AvgIpc) is 2.38. The van der Waals surface area contributed by atoms with E-state index in [1.165, 1.54) is 51.4 Å². The monoisotopic (exact) mass is 241 g/mol. The van der Waals surface area contributed by atoms with Crippen LogP contribution in [0.2, 0.25) is 0 Å². The van der Waals surface area contributed by atoms with Crippen molar-refractivity contribution in [3.8, 4) is 0 Å². The molecule has 0 spiro atoms. The zero-order chi connectivity index (χ0) is 12.3. The molecule has 1 fully saturated rings. The fraction of sp³-hybridized carbons (Fsp3) is 1.00. The van der Waals surface area contributed by atoms with Gasteiger partial charge >= 0.3 is 0 Å². The summed E-state index contributed by atoms with van der Waals surface area (Å²) in [4.78, 5) is 0. The zero-order valence-corrected chi connectivity index (χ0v) is 11.8. The van der Waals surface area contributed by atoms with Crippen molar-refractivity contribution in [1.29, 1.82) is 0 Å². The quantitative estimate of drug-likeness (QED) is 0.621. The molecule has 17 heavy (non-hydrogen) atoms. The molecule has 0 heterocycles. The summed E-state index contributed by atoms with van der Waals surface area (Å²) in [6, 6.07) is 0.599. The number of rotatable bonds is 9. The summed E-state index contributed by atoms with van der Waals surface area (Å²) in [5.41, 5.74) is 0. The molecule has 1 aliphatic carbocycles. The Labute approximate surface area is 108 Å². The van der Waals surface area contributed by atoms with Gasteiger partial charge in [0.25, 0.3) is 0 Å². The van der Waals surface area contributed by atoms with Crippen molar-refractivity contribution in [3.63, 3.8) is 0 Å². The lowest BCUT2D eigenvalue weighted by atomic mass is 9.84. The maximum absolute atomic E-state index is 5.84. The molecule has 102 valence electrons. The first kappa shape index (κ1) is 15.0. The number of ether oxygens (including phenoxy) is 1. The first-order valence-electron chi connectivity index (χ1n) is 7.69. The number of hydrogen-bond acceptors (Lipinski definition) is 2. The van der Waals surface area contributed by atoms with Crippen LogP contribution in [-0.2, 0) is 4.74 Å². The van der Waals surface area contributed by atoms with Gasteiger partial charge in [-0.1, -0.05) is 46.0 Å². The molecule has 0 aliphatic heterocycles. The number of unbranched alkanes of at least 4 members (excludes halogenated alkanes) is 2. The van der Waals surface area contributed by atoms with Crippen LogP contribution in [0.3, 0.4) is 0 Å². The molecule has 1 unspecified atom stereocenters. The summed E-state index contributed by atoms with van der Waals surface area (Å²) < 4.78 is 5.84. The van der Waals surface area contributed by atoms with Crippen LogP contribution in [0.5, 0.6) is 0 Å². The normalized spacial score (nSPS) is 19.4. The Bertz CT molecular complexity index is 166. The molecule has 0 aromatic rings. The standard InChI is InChI=1S/C15H31NO/c1-3-5-9-12-17-13-15(16-4-2)14-10-7-6-8-11-14/h14-16H,3-13H2,1-2H3. The van der Waals surface area contributed by atoms with Crippen LogP contribution in [-0.4, -0.2) is 25.8 Å². The van der Waals surface area contributed by atoms with Crippen LogP contribution in [0.15, 0.2) is 0 Å². The van der Waals surface area contributed by atoms with E-state index in [-0.39, 0.29) is 0 Å². The minimum Gasteiger partial charge on any atom is -0.380 e. The third-order valence-electron chi connectivity index (χ3n) is 3.87. The number of hydrogen-bond donors (Lipinski definition) is 1. The van der Waals surface area contributed by atoms with Gasteiger partial charge in [0.15, 0.2) is 0 Å². The van der Waals surface area contributed by atoms with Crippen molar-refractivity contribution in [2.45, 2.75) is 71.3 Å². The van der Waals surface area contributed by atoms with E-state index < -0.39 is 0 Å². The van der Waals surface area contributed by atoms with Crippen LogP contribution in [0.4, 0.5) is 0 Å². The third kappa shape index (κ3) is 6.42. The van der Waals surface area contributed by atoms with Crippen molar-refractivity contribution < 1.29 is 4.74 Å². The number of nitrogens with one attached hydrogen (secondary N) is 1. The maximum Gasteiger partial charge on any atom is 0.0622 e. The second-order valence-electron chi connectivity index (χ2n) is 5.34. The molecule has 0 amide bonds. The fourth-order valence-corrected chi connectivity index (χ4v) is 2.82. The van der Waals surface area contributed by atoms with Gasteiger partial charge in [-0.15, -0.1) is 0 Å². The van der Waals surface area contributed by atoms with Crippen LogP contribution >= 0.6 is 0 Å². The van der Waals surface area contributed by atoms with Crippen LogP contribution in [0.25, 0.3) is 0 Å². The molecule has 0 radical (unpaired) electrons. The second kappa shape index (κ2) is 9.90. The average molecular weight is 241 g/mol. The lowest BCUT2D eigenvalue weighted by Crippen LogP contribution is -2.41. The molecule has 0 saturated heterocycles. The van der Waals surface area contributed by atoms with E-state index in [0.717, 1.165) is 25.7 Å². The third-order valence-corrected chi connectivity index (χ3v) is 3.87. The Morgan fingerprint density at radius 1 is 1.12 bits per heavy atom. The molecule has 0 aromatic carbocycles. The van der Waals surface area contributed by atoms with E-state index in [9.17, 15) is 0 Å². The molecule has 1 atom stereocenters. The summed E-state index contributed by atoms with van der Waals surface area (Å²) in [6.07, 6.45) is 10.9. The predicted molar refractivity (Wildman–Crippen MR) is 74.4 cm³/mol. The van der Waals surface area contributed by atoms with E-state index in [1.54, 1.807) is 0 Å². The highest BCUT2D eigenvalue weighted by atomic mass is 16.5. The smallest absolute Gasteiger partial charge is 0.0622 e. The summed E-state index contributed by atoms with van der Waals surface area (Å²) in [5, 5.41) is 3.62. The van der Waals surface area contributed by atoms with Crippen LogP contribution in [0.1, 0.15) is 65.2 Å². The second-order valence-corrected chi connectivity index (χ2v) is 5.34. The van der Waals surface area contributed by atoms with Gasteiger partial charge in [-0.25, -0.2) is 0 Å². The molecule has 1 saturated carbocycles. The summed E-state index contributed by atoms with van der Waals surface area (Å²) in [5.74, 6) is 0.856. The highest BCUT2D eigenvalue weighted by Crippen LogP contribution is 2.26. The van der Waals surface area contributed by atoms with Crippen molar-refractivity contribution >= 4 is 0 Å². The maximum atomic E-state index is 5.84. The fourth-order valence-electron chi connectivity index (χ4n) is 2.82. The Kier molecular flexibility index (Phi) is 8.72. The zero-order valence-electron chi connectivity index (χ0n) is 11.8. The lowest BCUT2D eigenvalue weighted by Gasteiger charge is -2.30. The van der Waals surface area contributed by atoms with Gasteiger partial charge in [-0.3, -0.25) is 0 Å². The summed E-state index contributed by atoms with van der Waals surface area (Å²) in [6.45, 7) is 7.38. The van der Waals surface area contributed by atoms with Gasteiger partial charge in [-0.05, 0) is 31.7 Å². The van der Waals surface area contributed by atoms with Crippen molar-refractivity contribution in [2.24, 2.45) is 5.92 Å².